The molecule has 142 valence electrons. The van der Waals surface area contributed by atoms with Gasteiger partial charge in [0, 0.05) is 31.1 Å². The Kier molecular flexibility index (Phi) is 4.88. The highest BCUT2D eigenvalue weighted by molar-refractivity contribution is 5.95. The van der Waals surface area contributed by atoms with Crippen molar-refractivity contribution < 1.29 is 19.0 Å². The van der Waals surface area contributed by atoms with E-state index in [0.29, 0.717) is 41.9 Å². The summed E-state index contributed by atoms with van der Waals surface area (Å²) in [5.74, 6) is 2.55. The summed E-state index contributed by atoms with van der Waals surface area (Å²) in [4.78, 5) is 19.4. The monoisotopic (exact) mass is 368 g/mol. The van der Waals surface area contributed by atoms with E-state index in [1.165, 1.54) is 12.8 Å². The van der Waals surface area contributed by atoms with Gasteiger partial charge in [-0.1, -0.05) is 6.07 Å². The van der Waals surface area contributed by atoms with E-state index in [2.05, 4.69) is 4.98 Å². The van der Waals surface area contributed by atoms with Crippen LogP contribution in [0.3, 0.4) is 0 Å². The first-order chi connectivity index (χ1) is 13.2. The van der Waals surface area contributed by atoms with Gasteiger partial charge in [0.15, 0.2) is 11.5 Å². The molecule has 1 aromatic heterocycles. The average Bonchev–Trinajstić information content (AvgIpc) is 3.55. The van der Waals surface area contributed by atoms with Crippen molar-refractivity contribution in [3.05, 3.63) is 47.2 Å². The highest BCUT2D eigenvalue weighted by atomic mass is 16.5. The first-order valence-corrected chi connectivity index (χ1v) is 9.31. The SMILES string of the molecule is COc1ccc(C(=O)N2CCc3nc(OCC4CC4)ccc3C2)cc1OC. The number of carbonyl (C=O) groups excluding carboxylic acids is 1. The smallest absolute Gasteiger partial charge is 0.254 e. The molecule has 0 bridgehead atoms. The molecule has 0 unspecified atom stereocenters. The van der Waals surface area contributed by atoms with Crippen molar-refractivity contribution in [3.8, 4) is 17.4 Å². The van der Waals surface area contributed by atoms with Crippen molar-refractivity contribution >= 4 is 5.91 Å². The molecule has 6 heteroatoms. The fourth-order valence-corrected chi connectivity index (χ4v) is 3.29. The van der Waals surface area contributed by atoms with Crippen LogP contribution in [0.25, 0.3) is 0 Å². The van der Waals surface area contributed by atoms with E-state index in [9.17, 15) is 4.79 Å². The van der Waals surface area contributed by atoms with Gasteiger partial charge in [-0.15, -0.1) is 0 Å². The van der Waals surface area contributed by atoms with Crippen molar-refractivity contribution in [1.29, 1.82) is 0 Å². The fourth-order valence-electron chi connectivity index (χ4n) is 3.29. The Hall–Kier alpha value is -2.76. The largest absolute Gasteiger partial charge is 0.493 e. The topological polar surface area (TPSA) is 60.9 Å². The van der Waals surface area contributed by atoms with Crippen molar-refractivity contribution in [2.24, 2.45) is 5.92 Å². The van der Waals surface area contributed by atoms with Crippen LogP contribution in [0, 0.1) is 5.92 Å². The van der Waals surface area contributed by atoms with Crippen molar-refractivity contribution in [1.82, 2.24) is 9.88 Å². The Morgan fingerprint density at radius 1 is 1.15 bits per heavy atom. The summed E-state index contributed by atoms with van der Waals surface area (Å²) in [5, 5.41) is 0. The zero-order valence-electron chi connectivity index (χ0n) is 15.7. The first kappa shape index (κ1) is 17.6. The molecule has 2 aliphatic rings. The summed E-state index contributed by atoms with van der Waals surface area (Å²) < 4.78 is 16.3. The van der Waals surface area contributed by atoms with Crippen molar-refractivity contribution in [2.45, 2.75) is 25.8 Å². The molecule has 0 N–H and O–H groups in total. The lowest BCUT2D eigenvalue weighted by Crippen LogP contribution is -2.36. The van der Waals surface area contributed by atoms with E-state index in [1.54, 1.807) is 32.4 Å². The standard InChI is InChI=1S/C21H24N2O4/c1-25-18-7-5-15(11-19(18)26-2)21(24)23-10-9-17-16(12-23)6-8-20(22-17)27-13-14-3-4-14/h5-8,11,14H,3-4,9-10,12-13H2,1-2H3. The Morgan fingerprint density at radius 3 is 2.70 bits per heavy atom. The number of hydrogen-bond donors (Lipinski definition) is 0. The van der Waals surface area contributed by atoms with E-state index in [0.717, 1.165) is 24.3 Å². The van der Waals surface area contributed by atoms with Crippen LogP contribution in [-0.4, -0.2) is 43.2 Å². The summed E-state index contributed by atoms with van der Waals surface area (Å²) in [5.41, 5.74) is 2.70. The van der Waals surface area contributed by atoms with Gasteiger partial charge in [-0.25, -0.2) is 4.98 Å². The maximum absolute atomic E-state index is 12.9. The molecule has 4 rings (SSSR count). The van der Waals surface area contributed by atoms with Gasteiger partial charge in [0.2, 0.25) is 5.88 Å². The zero-order chi connectivity index (χ0) is 18.8. The number of carbonyl (C=O) groups is 1. The molecule has 0 spiro atoms. The quantitative estimate of drug-likeness (QED) is 0.784. The van der Waals surface area contributed by atoms with Gasteiger partial charge in [0.1, 0.15) is 0 Å². The van der Waals surface area contributed by atoms with Gasteiger partial charge in [-0.2, -0.15) is 0 Å². The third kappa shape index (κ3) is 3.84. The van der Waals surface area contributed by atoms with Crippen LogP contribution >= 0.6 is 0 Å². The summed E-state index contributed by atoms with van der Waals surface area (Å²) in [7, 11) is 3.15. The van der Waals surface area contributed by atoms with Gasteiger partial charge in [-0.3, -0.25) is 4.79 Å². The third-order valence-electron chi connectivity index (χ3n) is 5.10. The number of methoxy groups -OCH3 is 2. The van der Waals surface area contributed by atoms with Crippen LogP contribution in [0.5, 0.6) is 17.4 Å². The summed E-state index contributed by atoms with van der Waals surface area (Å²) in [6.45, 7) is 1.95. The lowest BCUT2D eigenvalue weighted by atomic mass is 10.0. The van der Waals surface area contributed by atoms with Crippen molar-refractivity contribution in [3.63, 3.8) is 0 Å². The Bertz CT molecular complexity index is 848. The van der Waals surface area contributed by atoms with Gasteiger partial charge < -0.3 is 19.1 Å². The highest BCUT2D eigenvalue weighted by Gasteiger charge is 2.25. The van der Waals surface area contributed by atoms with Crippen LogP contribution in [-0.2, 0) is 13.0 Å². The minimum Gasteiger partial charge on any atom is -0.493 e. The average molecular weight is 368 g/mol. The lowest BCUT2D eigenvalue weighted by molar-refractivity contribution is 0.0733. The Balaban J connectivity index is 1.46. The Morgan fingerprint density at radius 2 is 1.96 bits per heavy atom. The summed E-state index contributed by atoms with van der Waals surface area (Å²) >= 11 is 0. The van der Waals surface area contributed by atoms with Crippen LogP contribution < -0.4 is 14.2 Å². The molecule has 0 radical (unpaired) electrons. The minimum atomic E-state index is -0.0179. The highest BCUT2D eigenvalue weighted by Crippen LogP contribution is 2.31. The first-order valence-electron chi connectivity index (χ1n) is 9.31. The van der Waals surface area contributed by atoms with Gasteiger partial charge in [-0.05, 0) is 42.5 Å². The second-order valence-corrected chi connectivity index (χ2v) is 7.06. The molecule has 1 aliphatic carbocycles. The van der Waals surface area contributed by atoms with E-state index < -0.39 is 0 Å². The normalized spacial score (nSPS) is 15.9. The predicted molar refractivity (Wildman–Crippen MR) is 100 cm³/mol. The van der Waals surface area contributed by atoms with Crippen molar-refractivity contribution in [2.75, 3.05) is 27.4 Å². The maximum atomic E-state index is 12.9. The summed E-state index contributed by atoms with van der Waals surface area (Å²) in [6, 6.07) is 9.19. The van der Waals surface area contributed by atoms with Crippen LogP contribution in [0.15, 0.2) is 30.3 Å². The number of fused-ring (bicyclic) bond motifs is 1. The van der Waals surface area contributed by atoms with Gasteiger partial charge in [0.25, 0.3) is 5.91 Å². The third-order valence-corrected chi connectivity index (χ3v) is 5.10. The van der Waals surface area contributed by atoms with Gasteiger partial charge in [0.05, 0.1) is 26.5 Å². The molecular weight excluding hydrogens is 344 g/mol. The van der Waals surface area contributed by atoms with Gasteiger partial charge >= 0.3 is 0 Å². The van der Waals surface area contributed by atoms with E-state index in [-0.39, 0.29) is 5.91 Å². The van der Waals surface area contributed by atoms with Crippen LogP contribution in [0.4, 0.5) is 0 Å². The predicted octanol–water partition coefficient (Wildman–Crippen LogP) is 3.09. The fraction of sp³-hybridized carbons (Fsp3) is 0.429. The number of rotatable bonds is 6. The molecule has 1 saturated carbocycles. The molecule has 1 aromatic carbocycles. The molecule has 1 fully saturated rings. The van der Waals surface area contributed by atoms with E-state index in [4.69, 9.17) is 14.2 Å². The minimum absolute atomic E-state index is 0.0179. The number of hydrogen-bond acceptors (Lipinski definition) is 5. The number of nitrogens with zero attached hydrogens (tertiary/aromatic N) is 2. The molecule has 1 aliphatic heterocycles. The lowest BCUT2D eigenvalue weighted by Gasteiger charge is -2.28. The van der Waals surface area contributed by atoms with Crippen LogP contribution in [0.1, 0.15) is 34.5 Å². The second kappa shape index (κ2) is 7.47. The number of pyridine rings is 1. The molecule has 0 saturated heterocycles. The molecule has 1 amide bonds. The van der Waals surface area contributed by atoms with E-state index in [1.807, 2.05) is 17.0 Å². The number of aromatic nitrogens is 1. The van der Waals surface area contributed by atoms with Crippen LogP contribution in [0.2, 0.25) is 0 Å². The molecule has 0 atom stereocenters. The number of ether oxygens (including phenoxy) is 3. The molecule has 27 heavy (non-hydrogen) atoms. The second-order valence-electron chi connectivity index (χ2n) is 7.06. The van der Waals surface area contributed by atoms with E-state index >= 15 is 0 Å². The molecule has 2 aromatic rings. The molecule has 6 nitrogen and oxygen atoms in total. The Labute approximate surface area is 159 Å². The summed E-state index contributed by atoms with van der Waals surface area (Å²) in [6.07, 6.45) is 3.26. The zero-order valence-corrected chi connectivity index (χ0v) is 15.7. The molecular formula is C21H24N2O4. The molecule has 2 heterocycles. The number of benzene rings is 1. The number of amides is 1. The maximum Gasteiger partial charge on any atom is 0.254 e.